The Morgan fingerprint density at radius 3 is 2.26 bits per heavy atom. The van der Waals surface area contributed by atoms with Crippen LogP contribution in [-0.4, -0.2) is 23.3 Å². The molecule has 3 nitrogen and oxygen atoms in total. The Morgan fingerprint density at radius 2 is 1.63 bits per heavy atom. The summed E-state index contributed by atoms with van der Waals surface area (Å²) in [4.78, 5) is 11.9. The summed E-state index contributed by atoms with van der Waals surface area (Å²) >= 11 is 0. The predicted octanol–water partition coefficient (Wildman–Crippen LogP) is 3.76. The second-order valence-electron chi connectivity index (χ2n) is 6.95. The monoisotopic (exact) mass is 266 g/mol. The molecule has 3 fully saturated rings. The van der Waals surface area contributed by atoms with Gasteiger partial charge < -0.3 is 9.84 Å². The molecule has 3 rings (SSSR count). The van der Waals surface area contributed by atoms with Gasteiger partial charge in [0.25, 0.3) is 0 Å². The Morgan fingerprint density at radius 1 is 1.00 bits per heavy atom. The number of rotatable bonds is 2. The molecule has 108 valence electrons. The van der Waals surface area contributed by atoms with Crippen LogP contribution in [0.15, 0.2) is 0 Å². The van der Waals surface area contributed by atoms with E-state index < -0.39 is 11.4 Å². The van der Waals surface area contributed by atoms with E-state index in [0.717, 1.165) is 58.0 Å². The number of ether oxygens (including phenoxy) is 1. The summed E-state index contributed by atoms with van der Waals surface area (Å²) in [5, 5.41) is 9.76. The van der Waals surface area contributed by atoms with E-state index in [2.05, 4.69) is 0 Å². The predicted molar refractivity (Wildman–Crippen MR) is 73.0 cm³/mol. The summed E-state index contributed by atoms with van der Waals surface area (Å²) in [6.07, 6.45) is 12.1. The molecule has 0 radical (unpaired) electrons. The van der Waals surface area contributed by atoms with Crippen molar-refractivity contribution in [2.45, 2.75) is 76.2 Å². The first-order valence-corrected chi connectivity index (χ1v) is 8.04. The van der Waals surface area contributed by atoms with Crippen LogP contribution in [-0.2, 0) is 9.53 Å². The lowest BCUT2D eigenvalue weighted by atomic mass is 9.65. The zero-order chi connectivity index (χ0) is 13.3. The zero-order valence-corrected chi connectivity index (χ0v) is 11.8. The highest BCUT2D eigenvalue weighted by atomic mass is 16.5. The number of aliphatic carboxylic acids is 1. The van der Waals surface area contributed by atoms with E-state index in [9.17, 15) is 9.90 Å². The van der Waals surface area contributed by atoms with E-state index >= 15 is 0 Å². The third-order valence-corrected chi connectivity index (χ3v) is 5.96. The van der Waals surface area contributed by atoms with E-state index in [1.807, 2.05) is 0 Å². The van der Waals surface area contributed by atoms with Gasteiger partial charge in [-0.2, -0.15) is 0 Å². The topological polar surface area (TPSA) is 46.5 Å². The quantitative estimate of drug-likeness (QED) is 0.827. The van der Waals surface area contributed by atoms with Crippen LogP contribution in [0, 0.1) is 11.3 Å². The molecule has 3 heteroatoms. The van der Waals surface area contributed by atoms with Gasteiger partial charge in [0.1, 0.15) is 0 Å². The fourth-order valence-corrected chi connectivity index (χ4v) is 4.85. The minimum absolute atomic E-state index is 0.0339. The van der Waals surface area contributed by atoms with E-state index in [-0.39, 0.29) is 5.60 Å². The molecular formula is C16H26O3. The van der Waals surface area contributed by atoms with Crippen molar-refractivity contribution in [3.8, 4) is 0 Å². The summed E-state index contributed by atoms with van der Waals surface area (Å²) in [5.74, 6) is -0.192. The minimum Gasteiger partial charge on any atom is -0.481 e. The van der Waals surface area contributed by atoms with Crippen molar-refractivity contribution in [2.24, 2.45) is 11.3 Å². The SMILES string of the molecule is O=C(O)C1(C2CCOC3(CCCCC3)C2)CCCC1. The van der Waals surface area contributed by atoms with Crippen LogP contribution in [0.25, 0.3) is 0 Å². The molecule has 2 aliphatic carbocycles. The van der Waals surface area contributed by atoms with E-state index in [1.165, 1.54) is 19.3 Å². The lowest BCUT2D eigenvalue weighted by molar-refractivity contribution is -0.167. The summed E-state index contributed by atoms with van der Waals surface area (Å²) in [5.41, 5.74) is -0.388. The maximum Gasteiger partial charge on any atom is 0.309 e. The molecule has 1 unspecified atom stereocenters. The van der Waals surface area contributed by atoms with Gasteiger partial charge in [0.15, 0.2) is 0 Å². The third kappa shape index (κ3) is 2.31. The molecule has 3 aliphatic rings. The van der Waals surface area contributed by atoms with Crippen molar-refractivity contribution in [1.82, 2.24) is 0 Å². The van der Waals surface area contributed by atoms with Gasteiger partial charge in [-0.1, -0.05) is 32.1 Å². The first-order valence-electron chi connectivity index (χ1n) is 8.04. The molecule has 0 aromatic carbocycles. The number of hydrogen-bond acceptors (Lipinski definition) is 2. The summed E-state index contributed by atoms with van der Waals surface area (Å²) in [6, 6.07) is 0. The lowest BCUT2D eigenvalue weighted by Crippen LogP contribution is -2.48. The Balaban J connectivity index is 1.78. The standard InChI is InChI=1S/C16H26O3/c17-14(18)16(9-4-5-10-16)13-6-11-19-15(12-13)7-2-1-3-8-15/h13H,1-12H2,(H,17,18). The van der Waals surface area contributed by atoms with E-state index in [4.69, 9.17) is 4.74 Å². The van der Waals surface area contributed by atoms with Crippen LogP contribution in [0.4, 0.5) is 0 Å². The molecule has 0 amide bonds. The van der Waals surface area contributed by atoms with Gasteiger partial charge in [0.2, 0.25) is 0 Å². The average molecular weight is 266 g/mol. The number of carbonyl (C=O) groups is 1. The molecule has 1 heterocycles. The maximum atomic E-state index is 11.9. The van der Waals surface area contributed by atoms with Gasteiger partial charge in [-0.05, 0) is 44.4 Å². The van der Waals surface area contributed by atoms with Crippen molar-refractivity contribution in [3.63, 3.8) is 0 Å². The van der Waals surface area contributed by atoms with E-state index in [0.29, 0.717) is 5.92 Å². The van der Waals surface area contributed by atoms with Crippen LogP contribution in [0.3, 0.4) is 0 Å². The Labute approximate surface area is 115 Å². The second-order valence-corrected chi connectivity index (χ2v) is 6.95. The Kier molecular flexibility index (Phi) is 3.59. The summed E-state index contributed by atoms with van der Waals surface area (Å²) in [6.45, 7) is 0.777. The highest BCUT2D eigenvalue weighted by Crippen LogP contribution is 2.52. The summed E-state index contributed by atoms with van der Waals surface area (Å²) < 4.78 is 6.13. The number of hydrogen-bond donors (Lipinski definition) is 1. The van der Waals surface area contributed by atoms with Gasteiger partial charge >= 0.3 is 5.97 Å². The molecule has 0 aromatic rings. The van der Waals surface area contributed by atoms with Crippen molar-refractivity contribution >= 4 is 5.97 Å². The highest BCUT2D eigenvalue weighted by molar-refractivity contribution is 5.75. The van der Waals surface area contributed by atoms with Crippen LogP contribution < -0.4 is 0 Å². The van der Waals surface area contributed by atoms with Crippen LogP contribution >= 0.6 is 0 Å². The zero-order valence-electron chi connectivity index (χ0n) is 11.8. The second kappa shape index (κ2) is 5.08. The maximum absolute atomic E-state index is 11.9. The van der Waals surface area contributed by atoms with Crippen LogP contribution in [0.1, 0.15) is 70.6 Å². The number of carboxylic acid groups (broad SMARTS) is 1. The van der Waals surface area contributed by atoms with Gasteiger partial charge in [-0.3, -0.25) is 4.79 Å². The number of carboxylic acids is 1. The molecule has 0 bridgehead atoms. The molecule has 2 saturated carbocycles. The van der Waals surface area contributed by atoms with Gasteiger partial charge in [-0.15, -0.1) is 0 Å². The highest BCUT2D eigenvalue weighted by Gasteiger charge is 2.52. The lowest BCUT2D eigenvalue weighted by Gasteiger charge is -2.47. The first kappa shape index (κ1) is 13.4. The summed E-state index contributed by atoms with van der Waals surface area (Å²) in [7, 11) is 0. The molecule has 1 spiro atoms. The Hall–Kier alpha value is -0.570. The average Bonchev–Trinajstić information content (AvgIpc) is 2.90. The molecule has 1 N–H and O–H groups in total. The normalized spacial score (nSPS) is 33.4. The fourth-order valence-electron chi connectivity index (χ4n) is 4.85. The molecule has 0 aromatic heterocycles. The molecule has 1 aliphatic heterocycles. The van der Waals surface area contributed by atoms with E-state index in [1.54, 1.807) is 0 Å². The largest absolute Gasteiger partial charge is 0.481 e. The fraction of sp³-hybridized carbons (Fsp3) is 0.938. The van der Waals surface area contributed by atoms with Crippen LogP contribution in [0.2, 0.25) is 0 Å². The molecule has 19 heavy (non-hydrogen) atoms. The van der Waals surface area contributed by atoms with Crippen molar-refractivity contribution in [1.29, 1.82) is 0 Å². The molecule has 1 atom stereocenters. The van der Waals surface area contributed by atoms with Gasteiger partial charge in [-0.25, -0.2) is 0 Å². The first-order chi connectivity index (χ1) is 9.17. The van der Waals surface area contributed by atoms with Crippen molar-refractivity contribution in [3.05, 3.63) is 0 Å². The smallest absolute Gasteiger partial charge is 0.309 e. The minimum atomic E-state index is -0.539. The molecular weight excluding hydrogens is 240 g/mol. The van der Waals surface area contributed by atoms with Crippen molar-refractivity contribution < 1.29 is 14.6 Å². The van der Waals surface area contributed by atoms with Gasteiger partial charge in [0.05, 0.1) is 11.0 Å². The van der Waals surface area contributed by atoms with Crippen LogP contribution in [0.5, 0.6) is 0 Å². The Bertz CT molecular complexity index is 332. The molecule has 1 saturated heterocycles. The van der Waals surface area contributed by atoms with Gasteiger partial charge in [0, 0.05) is 6.61 Å². The third-order valence-electron chi connectivity index (χ3n) is 5.96. The van der Waals surface area contributed by atoms with Crippen molar-refractivity contribution in [2.75, 3.05) is 6.61 Å².